The van der Waals surface area contributed by atoms with Crippen LogP contribution >= 0.6 is 0 Å². The van der Waals surface area contributed by atoms with Crippen molar-refractivity contribution in [3.05, 3.63) is 0 Å². The van der Waals surface area contributed by atoms with Crippen LogP contribution in [0, 0.1) is 17.8 Å². The first-order chi connectivity index (χ1) is 6.33. The molecule has 2 saturated carbocycles. The third-order valence-corrected chi connectivity index (χ3v) is 4.51. The van der Waals surface area contributed by atoms with E-state index in [0.29, 0.717) is 0 Å². The van der Waals surface area contributed by atoms with Gasteiger partial charge in [-0.1, -0.05) is 6.92 Å². The number of nitrogens with zero attached hydrogens (tertiary/aromatic N) is 1. The molecule has 0 aromatic carbocycles. The van der Waals surface area contributed by atoms with Crippen molar-refractivity contribution in [2.75, 3.05) is 13.1 Å². The van der Waals surface area contributed by atoms with Crippen LogP contribution in [-0.4, -0.2) is 24.0 Å². The molecule has 1 aliphatic heterocycles. The van der Waals surface area contributed by atoms with Crippen molar-refractivity contribution in [2.24, 2.45) is 17.8 Å². The van der Waals surface area contributed by atoms with Gasteiger partial charge in [0.2, 0.25) is 0 Å². The number of piperidine rings is 1. The molecule has 0 N–H and O–H groups in total. The van der Waals surface area contributed by atoms with E-state index in [4.69, 9.17) is 0 Å². The van der Waals surface area contributed by atoms with E-state index in [-0.39, 0.29) is 0 Å². The Balaban J connectivity index is 1.54. The van der Waals surface area contributed by atoms with E-state index in [2.05, 4.69) is 11.8 Å². The smallest absolute Gasteiger partial charge is 0.00956 e. The SMILES string of the molecule is C[C@H]1CC[C@@H](N2CC3CC3C2)CC1. The van der Waals surface area contributed by atoms with Crippen molar-refractivity contribution in [3.8, 4) is 0 Å². The summed E-state index contributed by atoms with van der Waals surface area (Å²) in [5.74, 6) is 3.26. The highest BCUT2D eigenvalue weighted by Gasteiger charge is 2.46. The van der Waals surface area contributed by atoms with Crippen molar-refractivity contribution in [2.45, 2.75) is 45.1 Å². The van der Waals surface area contributed by atoms with E-state index in [1.807, 2.05) is 0 Å². The molecule has 0 aromatic rings. The molecule has 3 fully saturated rings. The maximum Gasteiger partial charge on any atom is 0.00956 e. The summed E-state index contributed by atoms with van der Waals surface area (Å²) in [5, 5.41) is 0. The Morgan fingerprint density at radius 3 is 2.15 bits per heavy atom. The Labute approximate surface area is 81.5 Å². The minimum atomic E-state index is 0.976. The maximum atomic E-state index is 2.80. The first-order valence-corrected chi connectivity index (χ1v) is 6.07. The summed E-state index contributed by atoms with van der Waals surface area (Å²) in [7, 11) is 0. The number of likely N-dealkylation sites (tertiary alicyclic amines) is 1. The summed E-state index contributed by atoms with van der Waals surface area (Å²) >= 11 is 0. The molecule has 2 aliphatic carbocycles. The second kappa shape index (κ2) is 2.98. The van der Waals surface area contributed by atoms with Gasteiger partial charge in [0.15, 0.2) is 0 Å². The first-order valence-electron chi connectivity index (χ1n) is 6.07. The van der Waals surface area contributed by atoms with Crippen LogP contribution < -0.4 is 0 Å². The first kappa shape index (κ1) is 8.28. The van der Waals surface area contributed by atoms with E-state index in [1.165, 1.54) is 38.8 Å². The Hall–Kier alpha value is -0.0400. The Morgan fingerprint density at radius 2 is 1.54 bits per heavy atom. The zero-order valence-electron chi connectivity index (χ0n) is 8.71. The molecule has 3 aliphatic rings. The van der Waals surface area contributed by atoms with Crippen LogP contribution in [0.25, 0.3) is 0 Å². The number of hydrogen-bond acceptors (Lipinski definition) is 1. The number of hydrogen-bond donors (Lipinski definition) is 0. The largest absolute Gasteiger partial charge is 0.300 e. The summed E-state index contributed by atoms with van der Waals surface area (Å²) in [6.07, 6.45) is 7.49. The van der Waals surface area contributed by atoms with Gasteiger partial charge in [-0.25, -0.2) is 0 Å². The fourth-order valence-electron chi connectivity index (χ4n) is 3.34. The zero-order valence-corrected chi connectivity index (χ0v) is 8.71. The van der Waals surface area contributed by atoms with Gasteiger partial charge in [-0.2, -0.15) is 0 Å². The van der Waals surface area contributed by atoms with E-state index < -0.39 is 0 Å². The fourth-order valence-corrected chi connectivity index (χ4v) is 3.34. The summed E-state index contributed by atoms with van der Waals surface area (Å²) < 4.78 is 0. The van der Waals surface area contributed by atoms with Crippen LogP contribution in [0.2, 0.25) is 0 Å². The van der Waals surface area contributed by atoms with E-state index in [1.54, 1.807) is 6.42 Å². The molecule has 2 atom stereocenters. The minimum Gasteiger partial charge on any atom is -0.300 e. The molecule has 0 radical (unpaired) electrons. The summed E-state index contributed by atoms with van der Waals surface area (Å²) in [6.45, 7) is 5.31. The lowest BCUT2D eigenvalue weighted by Gasteiger charge is -2.34. The van der Waals surface area contributed by atoms with Gasteiger partial charge in [0.1, 0.15) is 0 Å². The molecular formula is C12H21N. The molecule has 0 aromatic heterocycles. The van der Waals surface area contributed by atoms with Crippen LogP contribution in [0.1, 0.15) is 39.0 Å². The van der Waals surface area contributed by atoms with Crippen LogP contribution in [0.4, 0.5) is 0 Å². The van der Waals surface area contributed by atoms with Crippen molar-refractivity contribution in [1.29, 1.82) is 0 Å². The molecule has 74 valence electrons. The molecule has 0 amide bonds. The third kappa shape index (κ3) is 1.52. The molecule has 0 spiro atoms. The van der Waals surface area contributed by atoms with Crippen molar-refractivity contribution < 1.29 is 0 Å². The second-order valence-electron chi connectivity index (χ2n) is 5.62. The molecule has 3 rings (SSSR count). The molecule has 1 nitrogen and oxygen atoms in total. The number of fused-ring (bicyclic) bond motifs is 1. The lowest BCUT2D eigenvalue weighted by Crippen LogP contribution is -2.37. The summed E-state index contributed by atoms with van der Waals surface area (Å²) in [5.41, 5.74) is 0. The van der Waals surface area contributed by atoms with Gasteiger partial charge in [0.05, 0.1) is 0 Å². The maximum absolute atomic E-state index is 2.80. The zero-order chi connectivity index (χ0) is 8.84. The highest BCUT2D eigenvalue weighted by molar-refractivity contribution is 4.99. The van der Waals surface area contributed by atoms with Crippen molar-refractivity contribution in [1.82, 2.24) is 4.90 Å². The van der Waals surface area contributed by atoms with Gasteiger partial charge < -0.3 is 0 Å². The molecule has 0 bridgehead atoms. The topological polar surface area (TPSA) is 3.24 Å². The average molecular weight is 179 g/mol. The van der Waals surface area contributed by atoms with Crippen molar-refractivity contribution in [3.63, 3.8) is 0 Å². The van der Waals surface area contributed by atoms with E-state index in [0.717, 1.165) is 23.8 Å². The van der Waals surface area contributed by atoms with Gasteiger partial charge in [-0.15, -0.1) is 0 Å². The monoisotopic (exact) mass is 179 g/mol. The van der Waals surface area contributed by atoms with Crippen LogP contribution in [0.5, 0.6) is 0 Å². The highest BCUT2D eigenvalue weighted by Crippen LogP contribution is 2.46. The molecule has 1 saturated heterocycles. The second-order valence-corrected chi connectivity index (χ2v) is 5.62. The molecule has 1 heteroatoms. The highest BCUT2D eigenvalue weighted by atomic mass is 15.2. The summed E-state index contributed by atoms with van der Waals surface area (Å²) in [4.78, 5) is 2.80. The Morgan fingerprint density at radius 1 is 0.923 bits per heavy atom. The standard InChI is InChI=1S/C12H21N/c1-9-2-4-12(5-3-9)13-7-10-6-11(10)8-13/h9-12H,2-8H2,1H3/t9-,10?,11?,12+. The molecule has 13 heavy (non-hydrogen) atoms. The fraction of sp³-hybridized carbons (Fsp3) is 1.00. The van der Waals surface area contributed by atoms with Gasteiger partial charge in [0.25, 0.3) is 0 Å². The van der Waals surface area contributed by atoms with Crippen LogP contribution in [0.3, 0.4) is 0 Å². The lowest BCUT2D eigenvalue weighted by molar-refractivity contribution is 0.155. The van der Waals surface area contributed by atoms with E-state index in [9.17, 15) is 0 Å². The predicted molar refractivity (Wildman–Crippen MR) is 54.6 cm³/mol. The van der Waals surface area contributed by atoms with Gasteiger partial charge >= 0.3 is 0 Å². The minimum absolute atomic E-state index is 0.976. The Kier molecular flexibility index (Phi) is 1.90. The summed E-state index contributed by atoms with van der Waals surface area (Å²) in [6, 6.07) is 0.976. The predicted octanol–water partition coefficient (Wildman–Crippen LogP) is 2.52. The van der Waals surface area contributed by atoms with Crippen LogP contribution in [-0.2, 0) is 0 Å². The average Bonchev–Trinajstić information content (AvgIpc) is 2.75. The van der Waals surface area contributed by atoms with Crippen molar-refractivity contribution >= 4 is 0 Å². The van der Waals surface area contributed by atoms with Crippen LogP contribution in [0.15, 0.2) is 0 Å². The quantitative estimate of drug-likeness (QED) is 0.598. The van der Waals surface area contributed by atoms with E-state index >= 15 is 0 Å². The van der Waals surface area contributed by atoms with Gasteiger partial charge in [-0.05, 0) is 49.9 Å². The molecular weight excluding hydrogens is 158 g/mol. The normalized spacial score (nSPS) is 50.5. The third-order valence-electron chi connectivity index (χ3n) is 4.51. The number of rotatable bonds is 1. The Bertz CT molecular complexity index is 183. The molecule has 1 heterocycles. The van der Waals surface area contributed by atoms with Gasteiger partial charge in [-0.3, -0.25) is 4.90 Å². The lowest BCUT2D eigenvalue weighted by atomic mass is 9.86. The van der Waals surface area contributed by atoms with Gasteiger partial charge in [0, 0.05) is 19.1 Å². The molecule has 2 unspecified atom stereocenters.